The minimum atomic E-state index is -0.171. The summed E-state index contributed by atoms with van der Waals surface area (Å²) in [5, 5.41) is 3.04. The summed E-state index contributed by atoms with van der Waals surface area (Å²) in [5.41, 5.74) is 0. The summed E-state index contributed by atoms with van der Waals surface area (Å²) in [6.45, 7) is 9.01. The largest absolute Gasteiger partial charge is 0.455 e. The molecule has 0 bridgehead atoms. The van der Waals surface area contributed by atoms with Crippen LogP contribution in [-0.4, -0.2) is 55.9 Å². The third kappa shape index (κ3) is 5.06. The smallest absolute Gasteiger partial charge is 0.287 e. The van der Waals surface area contributed by atoms with Gasteiger partial charge in [0.2, 0.25) is 0 Å². The number of ether oxygens (including phenoxy) is 2. The van der Waals surface area contributed by atoms with Crippen molar-refractivity contribution >= 4 is 5.91 Å². The Morgan fingerprint density at radius 2 is 2.12 bits per heavy atom. The van der Waals surface area contributed by atoms with E-state index in [1.54, 1.807) is 6.07 Å². The first-order chi connectivity index (χ1) is 12.2. The topological polar surface area (TPSA) is 63.9 Å². The first-order valence-corrected chi connectivity index (χ1v) is 9.47. The van der Waals surface area contributed by atoms with E-state index in [-0.39, 0.29) is 18.1 Å². The third-order valence-corrected chi connectivity index (χ3v) is 5.14. The van der Waals surface area contributed by atoms with Gasteiger partial charge in [-0.2, -0.15) is 0 Å². The molecule has 3 rings (SSSR count). The Morgan fingerprint density at radius 1 is 1.32 bits per heavy atom. The van der Waals surface area contributed by atoms with Gasteiger partial charge in [-0.25, -0.2) is 0 Å². The second-order valence-electron chi connectivity index (χ2n) is 7.16. The van der Waals surface area contributed by atoms with Crippen LogP contribution in [-0.2, 0) is 16.0 Å². The molecule has 25 heavy (non-hydrogen) atoms. The molecule has 1 aromatic heterocycles. The van der Waals surface area contributed by atoms with Gasteiger partial charge in [0.25, 0.3) is 5.91 Å². The van der Waals surface area contributed by atoms with Gasteiger partial charge in [-0.05, 0) is 57.3 Å². The molecule has 2 fully saturated rings. The fourth-order valence-electron chi connectivity index (χ4n) is 3.52. The number of nitrogens with one attached hydrogen (secondary N) is 1. The van der Waals surface area contributed by atoms with Crippen LogP contribution >= 0.6 is 0 Å². The number of likely N-dealkylation sites (tertiary alicyclic amines) is 1. The molecule has 1 amide bonds. The van der Waals surface area contributed by atoms with Crippen molar-refractivity contribution in [3.8, 4) is 0 Å². The second-order valence-corrected chi connectivity index (χ2v) is 7.16. The molecule has 140 valence electrons. The maximum Gasteiger partial charge on any atom is 0.287 e. The van der Waals surface area contributed by atoms with Crippen molar-refractivity contribution in [2.24, 2.45) is 5.92 Å². The van der Waals surface area contributed by atoms with Gasteiger partial charge >= 0.3 is 0 Å². The molecule has 6 nitrogen and oxygen atoms in total. The zero-order valence-corrected chi connectivity index (χ0v) is 15.3. The van der Waals surface area contributed by atoms with E-state index in [0.29, 0.717) is 25.6 Å². The second kappa shape index (κ2) is 8.83. The molecule has 1 aromatic rings. The highest BCUT2D eigenvalue weighted by molar-refractivity contribution is 5.91. The highest BCUT2D eigenvalue weighted by Gasteiger charge is 2.28. The van der Waals surface area contributed by atoms with E-state index >= 15 is 0 Å². The van der Waals surface area contributed by atoms with Gasteiger partial charge in [0.1, 0.15) is 11.9 Å². The number of hydrogen-bond acceptors (Lipinski definition) is 5. The molecular weight excluding hydrogens is 320 g/mol. The minimum absolute atomic E-state index is 0.0293. The number of carbonyl (C=O) groups excluding carboxylic acids is 1. The highest BCUT2D eigenvalue weighted by atomic mass is 16.5. The predicted molar refractivity (Wildman–Crippen MR) is 94.5 cm³/mol. The van der Waals surface area contributed by atoms with Gasteiger partial charge < -0.3 is 19.2 Å². The summed E-state index contributed by atoms with van der Waals surface area (Å²) in [6.07, 6.45) is 3.14. The third-order valence-electron chi connectivity index (χ3n) is 5.14. The quantitative estimate of drug-likeness (QED) is 0.854. The number of piperidine rings is 1. The molecule has 2 atom stereocenters. The van der Waals surface area contributed by atoms with Crippen LogP contribution in [0.5, 0.6) is 0 Å². The number of amides is 1. The Kier molecular flexibility index (Phi) is 6.51. The molecule has 6 heteroatoms. The van der Waals surface area contributed by atoms with Gasteiger partial charge in [0.15, 0.2) is 5.76 Å². The Bertz CT molecular complexity index is 549. The van der Waals surface area contributed by atoms with Crippen LogP contribution in [0.1, 0.15) is 49.4 Å². The lowest BCUT2D eigenvalue weighted by atomic mass is 9.99. The Balaban J connectivity index is 1.53. The standard InChI is InChI=1S/C19H30N2O4/c1-3-24-18-13-23-11-8-16(18)20-19(22)17-5-4-15(25-17)12-21-9-6-14(2)7-10-21/h4-5,14,16,18H,3,6-13H2,1-2H3,(H,20,22)/t16-,18-/m1/s1. The Labute approximate surface area is 149 Å². The molecule has 0 aromatic carbocycles. The van der Waals surface area contributed by atoms with Crippen molar-refractivity contribution in [1.82, 2.24) is 10.2 Å². The van der Waals surface area contributed by atoms with Crippen LogP contribution < -0.4 is 5.32 Å². The molecular formula is C19H30N2O4. The lowest BCUT2D eigenvalue weighted by molar-refractivity contribution is -0.0634. The molecule has 0 spiro atoms. The first-order valence-electron chi connectivity index (χ1n) is 9.47. The fourth-order valence-corrected chi connectivity index (χ4v) is 3.52. The summed E-state index contributed by atoms with van der Waals surface area (Å²) in [6, 6.07) is 3.65. The molecule has 0 saturated carbocycles. The fraction of sp³-hybridized carbons (Fsp3) is 0.737. The van der Waals surface area contributed by atoms with Crippen LogP contribution in [0.25, 0.3) is 0 Å². The molecule has 0 unspecified atom stereocenters. The number of hydrogen-bond donors (Lipinski definition) is 1. The maximum absolute atomic E-state index is 12.5. The van der Waals surface area contributed by atoms with Crippen molar-refractivity contribution in [1.29, 1.82) is 0 Å². The van der Waals surface area contributed by atoms with Crippen molar-refractivity contribution < 1.29 is 18.7 Å². The molecule has 1 N–H and O–H groups in total. The van der Waals surface area contributed by atoms with Crippen molar-refractivity contribution in [3.63, 3.8) is 0 Å². The predicted octanol–water partition coefficient (Wildman–Crippen LogP) is 2.44. The molecule has 2 saturated heterocycles. The van der Waals surface area contributed by atoms with E-state index in [4.69, 9.17) is 13.9 Å². The monoisotopic (exact) mass is 350 g/mol. The average molecular weight is 350 g/mol. The Hall–Kier alpha value is -1.37. The molecule has 2 aliphatic heterocycles. The number of rotatable bonds is 6. The van der Waals surface area contributed by atoms with E-state index in [1.165, 1.54) is 12.8 Å². The van der Waals surface area contributed by atoms with Gasteiger partial charge in [0.05, 0.1) is 19.2 Å². The SMILES string of the molecule is CCO[C@@H]1COCC[C@H]1NC(=O)c1ccc(CN2CCC(C)CC2)o1. The van der Waals surface area contributed by atoms with Crippen LogP contribution in [0, 0.1) is 5.92 Å². The van der Waals surface area contributed by atoms with Gasteiger partial charge in [0, 0.05) is 13.2 Å². The molecule has 3 heterocycles. The molecule has 0 aliphatic carbocycles. The lowest BCUT2D eigenvalue weighted by Gasteiger charge is -2.31. The van der Waals surface area contributed by atoms with Crippen LogP contribution in [0.3, 0.4) is 0 Å². The van der Waals surface area contributed by atoms with E-state index in [9.17, 15) is 4.79 Å². The van der Waals surface area contributed by atoms with E-state index in [0.717, 1.165) is 37.7 Å². The van der Waals surface area contributed by atoms with Crippen molar-refractivity contribution in [3.05, 3.63) is 23.7 Å². The summed E-state index contributed by atoms with van der Waals surface area (Å²) in [4.78, 5) is 14.9. The van der Waals surface area contributed by atoms with E-state index in [1.807, 2.05) is 13.0 Å². The summed E-state index contributed by atoms with van der Waals surface area (Å²) in [7, 11) is 0. The molecule has 2 aliphatic rings. The van der Waals surface area contributed by atoms with Gasteiger partial charge in [-0.3, -0.25) is 9.69 Å². The van der Waals surface area contributed by atoms with Crippen LogP contribution in [0.2, 0.25) is 0 Å². The van der Waals surface area contributed by atoms with E-state index in [2.05, 4.69) is 17.1 Å². The first kappa shape index (κ1) is 18.4. The lowest BCUT2D eigenvalue weighted by Crippen LogP contribution is -2.49. The number of furan rings is 1. The van der Waals surface area contributed by atoms with Crippen LogP contribution in [0.4, 0.5) is 0 Å². The normalized spacial score (nSPS) is 25.8. The zero-order valence-electron chi connectivity index (χ0n) is 15.3. The van der Waals surface area contributed by atoms with Crippen molar-refractivity contribution in [2.75, 3.05) is 32.9 Å². The van der Waals surface area contributed by atoms with E-state index < -0.39 is 0 Å². The maximum atomic E-state index is 12.5. The van der Waals surface area contributed by atoms with Crippen molar-refractivity contribution in [2.45, 2.75) is 51.8 Å². The van der Waals surface area contributed by atoms with Crippen LogP contribution in [0.15, 0.2) is 16.5 Å². The average Bonchev–Trinajstić information content (AvgIpc) is 3.08. The Morgan fingerprint density at radius 3 is 2.88 bits per heavy atom. The van der Waals surface area contributed by atoms with Gasteiger partial charge in [-0.15, -0.1) is 0 Å². The number of carbonyl (C=O) groups is 1. The zero-order chi connectivity index (χ0) is 17.6. The summed E-state index contributed by atoms with van der Waals surface area (Å²) in [5.74, 6) is 1.87. The minimum Gasteiger partial charge on any atom is -0.455 e. The molecule has 0 radical (unpaired) electrons. The summed E-state index contributed by atoms with van der Waals surface area (Å²) < 4.78 is 16.9. The number of nitrogens with zero attached hydrogens (tertiary/aromatic N) is 1. The van der Waals surface area contributed by atoms with Gasteiger partial charge in [-0.1, -0.05) is 6.92 Å². The summed E-state index contributed by atoms with van der Waals surface area (Å²) >= 11 is 0. The highest BCUT2D eigenvalue weighted by Crippen LogP contribution is 2.19.